The minimum Gasteiger partial charge on any atom is -0.341 e. The highest BCUT2D eigenvalue weighted by molar-refractivity contribution is 5.85. The van der Waals surface area contributed by atoms with E-state index in [0.717, 1.165) is 17.9 Å². The Bertz CT molecular complexity index is 461. The van der Waals surface area contributed by atoms with Crippen molar-refractivity contribution in [1.29, 1.82) is 0 Å². The van der Waals surface area contributed by atoms with E-state index in [-0.39, 0.29) is 12.4 Å². The van der Waals surface area contributed by atoms with Crippen LogP contribution in [0, 0.1) is 0 Å². The highest BCUT2D eigenvalue weighted by atomic mass is 35.5. The number of H-pyrrole nitrogens is 1. The second kappa shape index (κ2) is 5.34. The number of aromatic nitrogens is 2. The van der Waals surface area contributed by atoms with Gasteiger partial charge in [0.2, 0.25) is 0 Å². The van der Waals surface area contributed by atoms with Crippen LogP contribution in [0.1, 0.15) is 24.6 Å². The van der Waals surface area contributed by atoms with Crippen molar-refractivity contribution >= 4 is 12.4 Å². The molecule has 3 rings (SSSR count). The predicted octanol–water partition coefficient (Wildman–Crippen LogP) is 2.92. The topological polar surface area (TPSA) is 40.7 Å². The van der Waals surface area contributed by atoms with Gasteiger partial charge in [-0.05, 0) is 19.4 Å². The second-order valence-corrected chi connectivity index (χ2v) is 4.20. The van der Waals surface area contributed by atoms with Gasteiger partial charge in [-0.1, -0.05) is 30.3 Å². The van der Waals surface area contributed by atoms with Crippen molar-refractivity contribution in [2.24, 2.45) is 0 Å². The first-order valence-corrected chi connectivity index (χ1v) is 5.77. The lowest BCUT2D eigenvalue weighted by molar-refractivity contribution is 0.632. The van der Waals surface area contributed by atoms with Crippen LogP contribution in [-0.4, -0.2) is 16.5 Å². The summed E-state index contributed by atoms with van der Waals surface area (Å²) >= 11 is 0. The number of hydrogen-bond acceptors (Lipinski definition) is 2. The summed E-state index contributed by atoms with van der Waals surface area (Å²) in [6, 6.07) is 10.7. The molecule has 1 aliphatic rings. The van der Waals surface area contributed by atoms with Gasteiger partial charge < -0.3 is 10.3 Å². The molecule has 1 atom stereocenters. The summed E-state index contributed by atoms with van der Waals surface area (Å²) < 4.78 is 0. The molecule has 1 saturated heterocycles. The van der Waals surface area contributed by atoms with Crippen LogP contribution >= 0.6 is 12.4 Å². The molecule has 2 N–H and O–H groups in total. The predicted molar refractivity (Wildman–Crippen MR) is 71.2 cm³/mol. The highest BCUT2D eigenvalue weighted by Gasteiger charge is 2.18. The van der Waals surface area contributed by atoms with Gasteiger partial charge in [0.25, 0.3) is 0 Å². The minimum atomic E-state index is 0. The highest BCUT2D eigenvalue weighted by Crippen LogP contribution is 2.23. The van der Waals surface area contributed by atoms with Crippen molar-refractivity contribution in [3.8, 4) is 11.4 Å². The lowest BCUT2D eigenvalue weighted by Gasteiger charge is -2.05. The fourth-order valence-electron chi connectivity index (χ4n) is 2.21. The summed E-state index contributed by atoms with van der Waals surface area (Å²) in [4.78, 5) is 7.83. The zero-order valence-electron chi connectivity index (χ0n) is 9.52. The summed E-state index contributed by atoms with van der Waals surface area (Å²) in [6.45, 7) is 1.12. The molecule has 0 amide bonds. The van der Waals surface area contributed by atoms with E-state index in [1.54, 1.807) is 0 Å². The molecule has 90 valence electrons. The van der Waals surface area contributed by atoms with Gasteiger partial charge in [0.05, 0.1) is 11.9 Å². The van der Waals surface area contributed by atoms with Gasteiger partial charge in [0.15, 0.2) is 0 Å². The molecular formula is C13H16ClN3. The Morgan fingerprint density at radius 1 is 1.18 bits per heavy atom. The van der Waals surface area contributed by atoms with E-state index in [4.69, 9.17) is 0 Å². The number of halogens is 1. The Labute approximate surface area is 107 Å². The molecule has 1 fully saturated rings. The van der Waals surface area contributed by atoms with Gasteiger partial charge in [-0.2, -0.15) is 0 Å². The van der Waals surface area contributed by atoms with E-state index >= 15 is 0 Å². The van der Waals surface area contributed by atoms with Crippen molar-refractivity contribution in [3.63, 3.8) is 0 Å². The Morgan fingerprint density at radius 3 is 2.71 bits per heavy atom. The molecule has 0 unspecified atom stereocenters. The SMILES string of the molecule is Cl.c1ccc(-c2ncc([C@@H]3CCCN3)[nH]2)cc1. The van der Waals surface area contributed by atoms with Gasteiger partial charge in [-0.15, -0.1) is 12.4 Å². The maximum absolute atomic E-state index is 4.44. The number of nitrogens with zero attached hydrogens (tertiary/aromatic N) is 1. The van der Waals surface area contributed by atoms with Crippen LogP contribution in [0.15, 0.2) is 36.5 Å². The van der Waals surface area contributed by atoms with Gasteiger partial charge in [-0.3, -0.25) is 0 Å². The van der Waals surface area contributed by atoms with Crippen molar-refractivity contribution in [1.82, 2.24) is 15.3 Å². The maximum Gasteiger partial charge on any atom is 0.137 e. The molecule has 2 heterocycles. The standard InChI is InChI=1S/C13H15N3.ClH/c1-2-5-10(6-3-1)13-15-9-12(16-13)11-7-4-8-14-11;/h1-3,5-6,9,11,14H,4,7-8H2,(H,15,16);1H/t11-;/m0./s1. The van der Waals surface area contributed by atoms with E-state index in [0.29, 0.717) is 6.04 Å². The molecule has 3 nitrogen and oxygen atoms in total. The van der Waals surface area contributed by atoms with Crippen LogP contribution in [0.5, 0.6) is 0 Å². The average Bonchev–Trinajstić information content (AvgIpc) is 3.01. The van der Waals surface area contributed by atoms with Crippen LogP contribution in [-0.2, 0) is 0 Å². The lowest BCUT2D eigenvalue weighted by atomic mass is 10.2. The molecular weight excluding hydrogens is 234 g/mol. The Hall–Kier alpha value is -1.32. The largest absolute Gasteiger partial charge is 0.341 e. The first-order valence-electron chi connectivity index (χ1n) is 5.77. The van der Waals surface area contributed by atoms with E-state index in [2.05, 4.69) is 27.4 Å². The molecule has 0 bridgehead atoms. The molecule has 0 radical (unpaired) electrons. The van der Waals surface area contributed by atoms with E-state index in [1.165, 1.54) is 18.5 Å². The number of imidazole rings is 1. The summed E-state index contributed by atoms with van der Waals surface area (Å²) in [5, 5.41) is 3.47. The lowest BCUT2D eigenvalue weighted by Crippen LogP contribution is -2.12. The third-order valence-electron chi connectivity index (χ3n) is 3.08. The zero-order valence-corrected chi connectivity index (χ0v) is 10.3. The zero-order chi connectivity index (χ0) is 10.8. The molecule has 2 aromatic rings. The third-order valence-corrected chi connectivity index (χ3v) is 3.08. The first-order chi connectivity index (χ1) is 7.93. The van der Waals surface area contributed by atoms with Gasteiger partial charge in [-0.25, -0.2) is 4.98 Å². The number of benzene rings is 1. The molecule has 4 heteroatoms. The normalized spacial score (nSPS) is 18.9. The fourth-order valence-corrected chi connectivity index (χ4v) is 2.21. The number of hydrogen-bond donors (Lipinski definition) is 2. The Kier molecular flexibility index (Phi) is 3.82. The van der Waals surface area contributed by atoms with Crippen molar-refractivity contribution < 1.29 is 0 Å². The van der Waals surface area contributed by atoms with Crippen molar-refractivity contribution in [2.45, 2.75) is 18.9 Å². The molecule has 1 aliphatic heterocycles. The number of rotatable bonds is 2. The maximum atomic E-state index is 4.44. The molecule has 0 saturated carbocycles. The summed E-state index contributed by atoms with van der Waals surface area (Å²) in [5.74, 6) is 0.962. The second-order valence-electron chi connectivity index (χ2n) is 4.20. The smallest absolute Gasteiger partial charge is 0.137 e. The molecule has 0 spiro atoms. The van der Waals surface area contributed by atoms with E-state index in [9.17, 15) is 0 Å². The van der Waals surface area contributed by atoms with Crippen molar-refractivity contribution in [2.75, 3.05) is 6.54 Å². The summed E-state index contributed by atoms with van der Waals surface area (Å²) in [6.07, 6.45) is 4.41. The van der Waals surface area contributed by atoms with Crippen LogP contribution in [0.25, 0.3) is 11.4 Å². The summed E-state index contributed by atoms with van der Waals surface area (Å²) in [5.41, 5.74) is 2.35. The molecule has 1 aromatic heterocycles. The molecule has 0 aliphatic carbocycles. The fraction of sp³-hybridized carbons (Fsp3) is 0.308. The number of nitrogens with one attached hydrogen (secondary N) is 2. The third kappa shape index (κ3) is 2.51. The van der Waals surface area contributed by atoms with E-state index in [1.807, 2.05) is 24.4 Å². The van der Waals surface area contributed by atoms with Crippen molar-refractivity contribution in [3.05, 3.63) is 42.2 Å². The van der Waals surface area contributed by atoms with Crippen LogP contribution < -0.4 is 5.32 Å². The number of aromatic amines is 1. The first kappa shape index (κ1) is 12.1. The van der Waals surface area contributed by atoms with Gasteiger partial charge in [0.1, 0.15) is 5.82 Å². The quantitative estimate of drug-likeness (QED) is 0.859. The van der Waals surface area contributed by atoms with E-state index < -0.39 is 0 Å². The van der Waals surface area contributed by atoms with Crippen LogP contribution in [0.2, 0.25) is 0 Å². The molecule has 1 aromatic carbocycles. The summed E-state index contributed by atoms with van der Waals surface area (Å²) in [7, 11) is 0. The Morgan fingerprint density at radius 2 is 2.00 bits per heavy atom. The monoisotopic (exact) mass is 249 g/mol. The molecule has 17 heavy (non-hydrogen) atoms. The van der Waals surface area contributed by atoms with Gasteiger partial charge >= 0.3 is 0 Å². The minimum absolute atomic E-state index is 0. The Balaban J connectivity index is 0.00000108. The van der Waals surface area contributed by atoms with Crippen LogP contribution in [0.4, 0.5) is 0 Å². The van der Waals surface area contributed by atoms with Crippen LogP contribution in [0.3, 0.4) is 0 Å². The average molecular weight is 250 g/mol. The van der Waals surface area contributed by atoms with Gasteiger partial charge in [0, 0.05) is 11.6 Å².